The molecule has 2 heterocycles. The van der Waals surface area contributed by atoms with Crippen LogP contribution in [-0.2, 0) is 13.1 Å². The van der Waals surface area contributed by atoms with Crippen LogP contribution < -0.4 is 5.73 Å². The molecule has 1 unspecified atom stereocenters. The Hall–Kier alpha value is -0.910. The summed E-state index contributed by atoms with van der Waals surface area (Å²) in [4.78, 5) is 6.72. The Bertz CT molecular complexity index is 361. The SMILES string of the molecule is CC(O)(CN)CCCN1CCn2ccnc2C1. The summed E-state index contributed by atoms with van der Waals surface area (Å²) < 4.78 is 2.20. The van der Waals surface area contributed by atoms with Crippen molar-refractivity contribution in [2.75, 3.05) is 19.6 Å². The summed E-state index contributed by atoms with van der Waals surface area (Å²) in [6.45, 7) is 6.13. The van der Waals surface area contributed by atoms with Gasteiger partial charge in [0.15, 0.2) is 0 Å². The molecule has 17 heavy (non-hydrogen) atoms. The quantitative estimate of drug-likeness (QED) is 0.768. The van der Waals surface area contributed by atoms with Gasteiger partial charge >= 0.3 is 0 Å². The number of nitrogens with two attached hydrogens (primary N) is 1. The molecule has 0 fully saturated rings. The van der Waals surface area contributed by atoms with Gasteiger partial charge in [0.2, 0.25) is 0 Å². The van der Waals surface area contributed by atoms with Crippen molar-refractivity contribution >= 4 is 0 Å². The molecule has 2 rings (SSSR count). The van der Waals surface area contributed by atoms with Gasteiger partial charge in [-0.2, -0.15) is 0 Å². The minimum absolute atomic E-state index is 0.331. The van der Waals surface area contributed by atoms with E-state index in [1.807, 2.05) is 12.4 Å². The number of aliphatic hydroxyl groups is 1. The first-order valence-corrected chi connectivity index (χ1v) is 6.25. The Kier molecular flexibility index (Phi) is 3.81. The van der Waals surface area contributed by atoms with Crippen molar-refractivity contribution in [1.82, 2.24) is 14.5 Å². The highest BCUT2D eigenvalue weighted by atomic mass is 16.3. The van der Waals surface area contributed by atoms with Crippen LogP contribution in [0, 0.1) is 0 Å². The van der Waals surface area contributed by atoms with Crippen LogP contribution in [-0.4, -0.2) is 44.8 Å². The summed E-state index contributed by atoms with van der Waals surface area (Å²) in [5.74, 6) is 1.14. The Labute approximate surface area is 102 Å². The minimum atomic E-state index is -0.714. The number of hydrogen-bond donors (Lipinski definition) is 2. The summed E-state index contributed by atoms with van der Waals surface area (Å²) in [5, 5.41) is 9.82. The van der Waals surface area contributed by atoms with Crippen LogP contribution in [0.25, 0.3) is 0 Å². The highest BCUT2D eigenvalue weighted by Gasteiger charge is 2.20. The molecule has 0 saturated carbocycles. The van der Waals surface area contributed by atoms with Crippen molar-refractivity contribution in [2.24, 2.45) is 5.73 Å². The van der Waals surface area contributed by atoms with Gasteiger partial charge in [-0.1, -0.05) is 0 Å². The molecule has 1 aromatic heterocycles. The fourth-order valence-corrected chi connectivity index (χ4v) is 2.20. The average molecular weight is 238 g/mol. The summed E-state index contributed by atoms with van der Waals surface area (Å²) in [5.41, 5.74) is 4.78. The second kappa shape index (κ2) is 5.16. The van der Waals surface area contributed by atoms with Gasteiger partial charge in [0.05, 0.1) is 12.1 Å². The largest absolute Gasteiger partial charge is 0.389 e. The van der Waals surface area contributed by atoms with E-state index in [-0.39, 0.29) is 0 Å². The van der Waals surface area contributed by atoms with Crippen LogP contribution in [0.3, 0.4) is 0 Å². The van der Waals surface area contributed by atoms with Crippen LogP contribution in [0.4, 0.5) is 0 Å². The van der Waals surface area contributed by atoms with Gasteiger partial charge in [-0.25, -0.2) is 4.98 Å². The molecular formula is C12H22N4O. The Balaban J connectivity index is 1.75. The maximum absolute atomic E-state index is 9.82. The summed E-state index contributed by atoms with van der Waals surface area (Å²) in [6.07, 6.45) is 5.63. The molecule has 1 aliphatic heterocycles. The molecule has 0 spiro atoms. The molecule has 5 heteroatoms. The lowest BCUT2D eigenvalue weighted by Crippen LogP contribution is -2.37. The molecule has 0 aliphatic carbocycles. The van der Waals surface area contributed by atoms with Crippen molar-refractivity contribution in [1.29, 1.82) is 0 Å². The first-order chi connectivity index (χ1) is 8.11. The highest BCUT2D eigenvalue weighted by molar-refractivity contribution is 4.95. The number of imidazole rings is 1. The van der Waals surface area contributed by atoms with Gasteiger partial charge in [0.1, 0.15) is 5.82 Å². The number of aromatic nitrogens is 2. The van der Waals surface area contributed by atoms with Crippen LogP contribution in [0.15, 0.2) is 12.4 Å². The Morgan fingerprint density at radius 3 is 3.12 bits per heavy atom. The number of fused-ring (bicyclic) bond motifs is 1. The molecule has 0 amide bonds. The maximum atomic E-state index is 9.82. The van der Waals surface area contributed by atoms with E-state index in [0.29, 0.717) is 6.54 Å². The van der Waals surface area contributed by atoms with Gasteiger partial charge in [0, 0.05) is 32.0 Å². The van der Waals surface area contributed by atoms with Gasteiger partial charge < -0.3 is 15.4 Å². The standard InChI is InChI=1S/C12H22N4O/c1-12(17,10-13)3-2-5-15-7-8-16-6-4-14-11(16)9-15/h4,6,17H,2-3,5,7-10,13H2,1H3. The van der Waals surface area contributed by atoms with Crippen LogP contribution >= 0.6 is 0 Å². The van der Waals surface area contributed by atoms with E-state index in [9.17, 15) is 5.11 Å². The second-order valence-corrected chi connectivity index (χ2v) is 5.12. The van der Waals surface area contributed by atoms with Crippen molar-refractivity contribution < 1.29 is 5.11 Å². The molecule has 1 aromatic rings. The third-order valence-electron chi connectivity index (χ3n) is 3.45. The van der Waals surface area contributed by atoms with Crippen molar-refractivity contribution in [2.45, 2.75) is 38.5 Å². The molecule has 0 saturated heterocycles. The number of rotatable bonds is 5. The Morgan fingerprint density at radius 2 is 2.35 bits per heavy atom. The molecule has 0 bridgehead atoms. The van der Waals surface area contributed by atoms with Gasteiger partial charge in [-0.3, -0.25) is 4.90 Å². The Morgan fingerprint density at radius 1 is 1.53 bits per heavy atom. The molecule has 3 N–H and O–H groups in total. The topological polar surface area (TPSA) is 67.3 Å². The highest BCUT2D eigenvalue weighted by Crippen LogP contribution is 2.14. The van der Waals surface area contributed by atoms with Crippen LogP contribution in [0.1, 0.15) is 25.6 Å². The first-order valence-electron chi connectivity index (χ1n) is 6.25. The normalized spacial score (nSPS) is 19.9. The van der Waals surface area contributed by atoms with Crippen molar-refractivity contribution in [3.05, 3.63) is 18.2 Å². The maximum Gasteiger partial charge on any atom is 0.122 e. The zero-order chi connectivity index (χ0) is 12.3. The van der Waals surface area contributed by atoms with Gasteiger partial charge in [-0.05, 0) is 26.3 Å². The van der Waals surface area contributed by atoms with E-state index in [2.05, 4.69) is 14.5 Å². The van der Waals surface area contributed by atoms with Crippen LogP contribution in [0.5, 0.6) is 0 Å². The zero-order valence-electron chi connectivity index (χ0n) is 10.5. The van der Waals surface area contributed by atoms with E-state index in [0.717, 1.165) is 44.8 Å². The molecular weight excluding hydrogens is 216 g/mol. The molecule has 0 radical (unpaired) electrons. The smallest absolute Gasteiger partial charge is 0.122 e. The molecule has 1 aliphatic rings. The van der Waals surface area contributed by atoms with E-state index in [1.54, 1.807) is 6.92 Å². The number of nitrogens with zero attached hydrogens (tertiary/aromatic N) is 3. The fraction of sp³-hybridized carbons (Fsp3) is 0.750. The number of hydrogen-bond acceptors (Lipinski definition) is 4. The van der Waals surface area contributed by atoms with E-state index < -0.39 is 5.60 Å². The molecule has 0 aromatic carbocycles. The predicted molar refractivity (Wildman–Crippen MR) is 66.4 cm³/mol. The fourth-order valence-electron chi connectivity index (χ4n) is 2.20. The van der Waals surface area contributed by atoms with Gasteiger partial charge in [-0.15, -0.1) is 0 Å². The third kappa shape index (κ3) is 3.28. The van der Waals surface area contributed by atoms with E-state index >= 15 is 0 Å². The predicted octanol–water partition coefficient (Wildman–Crippen LogP) is 0.189. The second-order valence-electron chi connectivity index (χ2n) is 5.12. The molecule has 1 atom stereocenters. The van der Waals surface area contributed by atoms with E-state index in [1.165, 1.54) is 0 Å². The summed E-state index contributed by atoms with van der Waals surface area (Å²) in [6, 6.07) is 0. The van der Waals surface area contributed by atoms with E-state index in [4.69, 9.17) is 5.73 Å². The summed E-state index contributed by atoms with van der Waals surface area (Å²) in [7, 11) is 0. The monoisotopic (exact) mass is 238 g/mol. The minimum Gasteiger partial charge on any atom is -0.389 e. The molecule has 5 nitrogen and oxygen atoms in total. The lowest BCUT2D eigenvalue weighted by atomic mass is 10.0. The average Bonchev–Trinajstić information content (AvgIpc) is 2.76. The lowest BCUT2D eigenvalue weighted by Gasteiger charge is -2.29. The summed E-state index contributed by atoms with van der Waals surface area (Å²) >= 11 is 0. The zero-order valence-corrected chi connectivity index (χ0v) is 10.5. The van der Waals surface area contributed by atoms with Crippen molar-refractivity contribution in [3.63, 3.8) is 0 Å². The van der Waals surface area contributed by atoms with Gasteiger partial charge in [0.25, 0.3) is 0 Å². The third-order valence-corrected chi connectivity index (χ3v) is 3.45. The van der Waals surface area contributed by atoms with Crippen molar-refractivity contribution in [3.8, 4) is 0 Å². The molecule has 96 valence electrons. The first kappa shape index (κ1) is 12.5. The van der Waals surface area contributed by atoms with Crippen LogP contribution in [0.2, 0.25) is 0 Å². The lowest BCUT2D eigenvalue weighted by molar-refractivity contribution is 0.0532.